The van der Waals surface area contributed by atoms with Crippen molar-refractivity contribution in [3.63, 3.8) is 0 Å². The Bertz CT molecular complexity index is 1400. The minimum Gasteiger partial charge on any atom is -0.390 e. The maximum Gasteiger partial charge on any atom is 0.253 e. The maximum atomic E-state index is 14.0. The van der Waals surface area contributed by atoms with E-state index in [1.54, 1.807) is 4.90 Å². The first-order valence-corrected chi connectivity index (χ1v) is 16.0. The number of benzene rings is 2. The molecule has 2 aromatic carbocycles. The summed E-state index contributed by atoms with van der Waals surface area (Å²) in [5, 5.41) is 20.4. The van der Waals surface area contributed by atoms with Gasteiger partial charge in [0.15, 0.2) is 0 Å². The van der Waals surface area contributed by atoms with Crippen molar-refractivity contribution in [1.29, 1.82) is 0 Å². The number of nitrogens with one attached hydrogen (secondary N) is 2. The van der Waals surface area contributed by atoms with E-state index in [9.17, 15) is 36.7 Å². The number of hydrogen-bond donors (Lipinski definition) is 4. The molecule has 2 rings (SSSR count). The molecule has 0 heterocycles. The number of amides is 3. The molecule has 0 radical (unpaired) electrons. The molecule has 0 aliphatic carbocycles. The van der Waals surface area contributed by atoms with Gasteiger partial charge in [-0.1, -0.05) is 27.7 Å². The number of hydrazine groups is 1. The standard InChI is InChI=1S/C30H43F2N5O6S/c1-6-8-37(9-7-2)30(41)22-14-21(15-25(16-22)44(33,42)43)29(40)34-26(13-20-11-23(31)17-24(32)12-20)27(38)18-36(5)35-28(39)10-19(3)4/h11-12,14-17,19,26-27,38H,6-10,13,18H2,1-5H3,(H,34,40)(H,35,39)(H2,33,42,43). The third-order valence-electron chi connectivity index (χ3n) is 6.55. The fourth-order valence-electron chi connectivity index (χ4n) is 4.66. The lowest BCUT2D eigenvalue weighted by molar-refractivity contribution is -0.126. The number of carbonyl (C=O) groups excluding carboxylic acids is 3. The monoisotopic (exact) mass is 639 g/mol. The van der Waals surface area contributed by atoms with Gasteiger partial charge in [-0.25, -0.2) is 27.3 Å². The van der Waals surface area contributed by atoms with Gasteiger partial charge in [0.2, 0.25) is 15.9 Å². The fraction of sp³-hybridized carbons (Fsp3) is 0.500. The van der Waals surface area contributed by atoms with E-state index in [0.717, 1.165) is 24.3 Å². The second kappa shape index (κ2) is 16.6. The molecule has 0 fully saturated rings. The average Bonchev–Trinajstić information content (AvgIpc) is 2.90. The number of rotatable bonds is 16. The highest BCUT2D eigenvalue weighted by molar-refractivity contribution is 7.89. The van der Waals surface area contributed by atoms with E-state index in [1.165, 1.54) is 18.1 Å². The molecule has 0 bridgehead atoms. The van der Waals surface area contributed by atoms with Crippen LogP contribution < -0.4 is 15.9 Å². The minimum absolute atomic E-state index is 0.0690. The van der Waals surface area contributed by atoms with E-state index in [0.29, 0.717) is 32.0 Å². The van der Waals surface area contributed by atoms with Crippen LogP contribution in [0, 0.1) is 17.6 Å². The zero-order valence-corrected chi connectivity index (χ0v) is 26.6. The van der Waals surface area contributed by atoms with Crippen LogP contribution in [0.15, 0.2) is 41.3 Å². The quantitative estimate of drug-likeness (QED) is 0.205. The van der Waals surface area contributed by atoms with Gasteiger partial charge >= 0.3 is 0 Å². The number of halogens is 2. The first-order valence-electron chi connectivity index (χ1n) is 14.5. The second-order valence-electron chi connectivity index (χ2n) is 11.2. The average molecular weight is 640 g/mol. The predicted octanol–water partition coefficient (Wildman–Crippen LogP) is 2.59. The third-order valence-corrected chi connectivity index (χ3v) is 7.44. The summed E-state index contributed by atoms with van der Waals surface area (Å²) in [5.74, 6) is -3.27. The van der Waals surface area contributed by atoms with Crippen molar-refractivity contribution in [2.24, 2.45) is 11.1 Å². The van der Waals surface area contributed by atoms with E-state index >= 15 is 0 Å². The van der Waals surface area contributed by atoms with Gasteiger partial charge in [0.05, 0.1) is 17.0 Å². The number of aliphatic hydroxyl groups is 1. The van der Waals surface area contributed by atoms with Gasteiger partial charge in [-0.15, -0.1) is 0 Å². The van der Waals surface area contributed by atoms with Crippen molar-refractivity contribution >= 4 is 27.7 Å². The number of carbonyl (C=O) groups is 3. The number of nitrogens with zero attached hydrogens (tertiary/aromatic N) is 2. The molecule has 3 amide bonds. The van der Waals surface area contributed by atoms with E-state index in [4.69, 9.17) is 5.14 Å². The Morgan fingerprint density at radius 1 is 0.955 bits per heavy atom. The SMILES string of the molecule is CCCN(CCC)C(=O)c1cc(C(=O)NC(Cc2cc(F)cc(F)c2)C(O)CN(C)NC(=O)CC(C)C)cc(S(N)(=O)=O)c1. The summed E-state index contributed by atoms with van der Waals surface area (Å²) in [7, 11) is -2.83. The summed E-state index contributed by atoms with van der Waals surface area (Å²) in [6.45, 7) is 8.15. The molecule has 0 aliphatic rings. The van der Waals surface area contributed by atoms with Crippen LogP contribution in [0.1, 0.15) is 73.2 Å². The first-order chi connectivity index (χ1) is 20.5. The van der Waals surface area contributed by atoms with Crippen LogP contribution in [-0.2, 0) is 21.2 Å². The van der Waals surface area contributed by atoms with Crippen LogP contribution in [0.5, 0.6) is 0 Å². The molecule has 2 aromatic rings. The molecule has 2 atom stereocenters. The molecule has 5 N–H and O–H groups in total. The molecule has 0 aliphatic heterocycles. The summed E-state index contributed by atoms with van der Waals surface area (Å²) in [6.07, 6.45) is -0.0574. The summed E-state index contributed by atoms with van der Waals surface area (Å²) in [6, 6.07) is 4.97. The van der Waals surface area contributed by atoms with Crippen LogP contribution in [0.4, 0.5) is 8.78 Å². The Hall–Kier alpha value is -3.46. The third kappa shape index (κ3) is 11.6. The first kappa shape index (κ1) is 36.7. The Kier molecular flexibility index (Phi) is 13.8. The minimum atomic E-state index is -4.33. The molecule has 44 heavy (non-hydrogen) atoms. The zero-order chi connectivity index (χ0) is 33.2. The molecular weight excluding hydrogens is 596 g/mol. The van der Waals surface area contributed by atoms with E-state index in [-0.39, 0.29) is 47.9 Å². The number of hydrogen-bond acceptors (Lipinski definition) is 7. The topological polar surface area (TPSA) is 162 Å². The second-order valence-corrected chi connectivity index (χ2v) is 12.8. The van der Waals surface area contributed by atoms with Crippen LogP contribution in [0.2, 0.25) is 0 Å². The Labute approximate surface area is 257 Å². The molecule has 0 aromatic heterocycles. The zero-order valence-electron chi connectivity index (χ0n) is 25.8. The number of primary sulfonamides is 1. The number of aliphatic hydroxyl groups excluding tert-OH is 1. The molecule has 14 heteroatoms. The van der Waals surface area contributed by atoms with Gasteiger partial charge in [0.25, 0.3) is 11.8 Å². The fourth-order valence-corrected chi connectivity index (χ4v) is 5.24. The van der Waals surface area contributed by atoms with E-state index in [2.05, 4.69) is 10.7 Å². The van der Waals surface area contributed by atoms with Crippen LogP contribution in [-0.4, -0.2) is 80.0 Å². The molecule has 11 nitrogen and oxygen atoms in total. The van der Waals surface area contributed by atoms with Gasteiger partial charge in [0, 0.05) is 50.3 Å². The van der Waals surface area contributed by atoms with Crippen molar-refractivity contribution in [3.05, 3.63) is 64.7 Å². The van der Waals surface area contributed by atoms with Crippen molar-refractivity contribution in [2.75, 3.05) is 26.7 Å². The summed E-state index contributed by atoms with van der Waals surface area (Å²) < 4.78 is 52.5. The lowest BCUT2D eigenvalue weighted by Gasteiger charge is -2.28. The van der Waals surface area contributed by atoms with Crippen molar-refractivity contribution < 1.29 is 36.7 Å². The number of sulfonamides is 1. The smallest absolute Gasteiger partial charge is 0.253 e. The van der Waals surface area contributed by atoms with Crippen LogP contribution in [0.25, 0.3) is 0 Å². The Balaban J connectivity index is 2.45. The van der Waals surface area contributed by atoms with Gasteiger partial charge in [-0.05, 0) is 61.1 Å². The normalized spacial score (nSPS) is 13.1. The lowest BCUT2D eigenvalue weighted by Crippen LogP contribution is -2.52. The largest absolute Gasteiger partial charge is 0.390 e. The predicted molar refractivity (Wildman–Crippen MR) is 162 cm³/mol. The van der Waals surface area contributed by atoms with Gasteiger partial charge in [0.1, 0.15) is 11.6 Å². The van der Waals surface area contributed by atoms with Gasteiger partial charge in [-0.2, -0.15) is 0 Å². The summed E-state index contributed by atoms with van der Waals surface area (Å²) in [4.78, 5) is 40.1. The van der Waals surface area contributed by atoms with Crippen LogP contribution in [0.3, 0.4) is 0 Å². The van der Waals surface area contributed by atoms with Crippen LogP contribution >= 0.6 is 0 Å². The Morgan fingerprint density at radius 3 is 2.05 bits per heavy atom. The molecule has 244 valence electrons. The molecule has 0 saturated heterocycles. The summed E-state index contributed by atoms with van der Waals surface area (Å²) in [5.41, 5.74) is 2.45. The van der Waals surface area contributed by atoms with Gasteiger partial charge in [-0.3, -0.25) is 19.8 Å². The lowest BCUT2D eigenvalue weighted by atomic mass is 9.99. The van der Waals surface area contributed by atoms with Gasteiger partial charge < -0.3 is 15.3 Å². The highest BCUT2D eigenvalue weighted by atomic mass is 32.2. The number of likely N-dealkylation sites (N-methyl/N-ethyl adjacent to an activating group) is 1. The molecular formula is C30H43F2N5O6S. The summed E-state index contributed by atoms with van der Waals surface area (Å²) >= 11 is 0. The maximum absolute atomic E-state index is 14.0. The van der Waals surface area contributed by atoms with Crippen molar-refractivity contribution in [3.8, 4) is 0 Å². The highest BCUT2D eigenvalue weighted by Crippen LogP contribution is 2.18. The molecule has 2 unspecified atom stereocenters. The van der Waals surface area contributed by atoms with Crippen molar-refractivity contribution in [1.82, 2.24) is 20.7 Å². The number of nitrogens with two attached hydrogens (primary N) is 1. The molecule has 0 saturated carbocycles. The molecule has 0 spiro atoms. The van der Waals surface area contributed by atoms with Crippen molar-refractivity contribution in [2.45, 2.75) is 70.4 Å². The van der Waals surface area contributed by atoms with E-state index in [1.807, 2.05) is 27.7 Å². The Morgan fingerprint density at radius 2 is 1.52 bits per heavy atom. The highest BCUT2D eigenvalue weighted by Gasteiger charge is 2.27. The van der Waals surface area contributed by atoms with E-state index < -0.39 is 50.5 Å².